The summed E-state index contributed by atoms with van der Waals surface area (Å²) in [4.78, 5) is 14.8. The topological polar surface area (TPSA) is 66.9 Å². The summed E-state index contributed by atoms with van der Waals surface area (Å²) in [6.45, 7) is 6.35. The Bertz CT molecular complexity index is 762. The summed E-state index contributed by atoms with van der Waals surface area (Å²) in [5.74, 6) is 0.361. The van der Waals surface area contributed by atoms with Crippen LogP contribution in [0.15, 0.2) is 29.2 Å². The molecule has 28 heavy (non-hydrogen) atoms. The fraction of sp³-hybridized carbons (Fsp3) is 0.667. The highest BCUT2D eigenvalue weighted by molar-refractivity contribution is 7.89. The number of carbonyl (C=O) groups excluding carboxylic acids is 1. The van der Waals surface area contributed by atoms with E-state index in [1.54, 1.807) is 17.0 Å². The van der Waals surface area contributed by atoms with Crippen LogP contribution in [0.5, 0.6) is 0 Å². The number of nitrogens with zero attached hydrogens (tertiary/aromatic N) is 2. The lowest BCUT2D eigenvalue weighted by Gasteiger charge is -2.33. The van der Waals surface area contributed by atoms with Crippen LogP contribution in [0.25, 0.3) is 0 Å². The van der Waals surface area contributed by atoms with E-state index in [0.29, 0.717) is 43.3 Å². The lowest BCUT2D eigenvalue weighted by Crippen LogP contribution is -2.44. The third-order valence-electron chi connectivity index (χ3n) is 5.87. The average molecular weight is 409 g/mol. The molecule has 1 atom stereocenters. The first kappa shape index (κ1) is 21.3. The molecule has 1 unspecified atom stereocenters. The SMILES string of the molecule is CC(C)c1ccc(S(=O)(=O)N2CCC(C(=O)N(C)CC3CCCO3)CC2)cc1. The number of benzene rings is 1. The molecule has 2 saturated heterocycles. The van der Waals surface area contributed by atoms with Gasteiger partial charge in [0.25, 0.3) is 0 Å². The zero-order chi connectivity index (χ0) is 20.3. The summed E-state index contributed by atoms with van der Waals surface area (Å²) in [7, 11) is -1.68. The van der Waals surface area contributed by atoms with Crippen molar-refractivity contribution in [2.75, 3.05) is 33.3 Å². The first-order valence-electron chi connectivity index (χ1n) is 10.3. The maximum absolute atomic E-state index is 12.9. The number of likely N-dealkylation sites (N-methyl/N-ethyl adjacent to an activating group) is 1. The third kappa shape index (κ3) is 4.75. The van der Waals surface area contributed by atoms with Crippen molar-refractivity contribution >= 4 is 15.9 Å². The van der Waals surface area contributed by atoms with Gasteiger partial charge in [0.1, 0.15) is 0 Å². The molecule has 1 aromatic rings. The Morgan fingerprint density at radius 1 is 1.18 bits per heavy atom. The molecule has 1 aromatic carbocycles. The van der Waals surface area contributed by atoms with Gasteiger partial charge in [0.05, 0.1) is 11.0 Å². The minimum Gasteiger partial charge on any atom is -0.376 e. The molecule has 2 aliphatic heterocycles. The van der Waals surface area contributed by atoms with Crippen LogP contribution in [-0.2, 0) is 19.6 Å². The van der Waals surface area contributed by atoms with Crippen molar-refractivity contribution in [1.29, 1.82) is 0 Å². The molecule has 2 aliphatic rings. The summed E-state index contributed by atoms with van der Waals surface area (Å²) in [5, 5.41) is 0. The average Bonchev–Trinajstić information content (AvgIpc) is 3.20. The number of sulfonamides is 1. The lowest BCUT2D eigenvalue weighted by atomic mass is 9.96. The smallest absolute Gasteiger partial charge is 0.243 e. The van der Waals surface area contributed by atoms with Gasteiger partial charge in [-0.1, -0.05) is 26.0 Å². The Labute approximate surface area is 168 Å². The first-order chi connectivity index (χ1) is 13.3. The van der Waals surface area contributed by atoms with Crippen molar-refractivity contribution in [1.82, 2.24) is 9.21 Å². The molecule has 2 fully saturated rings. The van der Waals surface area contributed by atoms with Gasteiger partial charge in [0.2, 0.25) is 15.9 Å². The summed E-state index contributed by atoms with van der Waals surface area (Å²) in [5.41, 5.74) is 1.12. The monoisotopic (exact) mass is 408 g/mol. The van der Waals surface area contributed by atoms with Crippen molar-refractivity contribution < 1.29 is 17.9 Å². The van der Waals surface area contributed by atoms with Crippen LogP contribution in [0.4, 0.5) is 0 Å². The molecule has 0 N–H and O–H groups in total. The van der Waals surface area contributed by atoms with E-state index in [4.69, 9.17) is 4.74 Å². The van der Waals surface area contributed by atoms with E-state index in [9.17, 15) is 13.2 Å². The van der Waals surface area contributed by atoms with Crippen LogP contribution >= 0.6 is 0 Å². The molecule has 0 radical (unpaired) electrons. The molecule has 6 nitrogen and oxygen atoms in total. The van der Waals surface area contributed by atoms with Crippen LogP contribution < -0.4 is 0 Å². The van der Waals surface area contributed by atoms with E-state index in [2.05, 4.69) is 13.8 Å². The zero-order valence-electron chi connectivity index (χ0n) is 17.1. The van der Waals surface area contributed by atoms with Crippen LogP contribution in [0.1, 0.15) is 51.0 Å². The maximum Gasteiger partial charge on any atom is 0.243 e. The number of hydrogen-bond acceptors (Lipinski definition) is 4. The van der Waals surface area contributed by atoms with Crippen LogP contribution in [0.3, 0.4) is 0 Å². The number of ether oxygens (including phenoxy) is 1. The minimum atomic E-state index is -3.50. The second-order valence-electron chi connectivity index (χ2n) is 8.26. The highest BCUT2D eigenvalue weighted by Crippen LogP contribution is 2.26. The molecule has 0 bridgehead atoms. The number of piperidine rings is 1. The highest BCUT2D eigenvalue weighted by Gasteiger charge is 2.33. The van der Waals surface area contributed by atoms with Gasteiger partial charge in [-0.15, -0.1) is 0 Å². The van der Waals surface area contributed by atoms with E-state index in [0.717, 1.165) is 25.0 Å². The Morgan fingerprint density at radius 3 is 2.36 bits per heavy atom. The molecule has 3 rings (SSSR count). The van der Waals surface area contributed by atoms with Gasteiger partial charge < -0.3 is 9.64 Å². The lowest BCUT2D eigenvalue weighted by molar-refractivity contribution is -0.136. The van der Waals surface area contributed by atoms with E-state index in [-0.39, 0.29) is 17.9 Å². The van der Waals surface area contributed by atoms with Gasteiger partial charge in [0, 0.05) is 39.2 Å². The fourth-order valence-corrected chi connectivity index (χ4v) is 5.48. The van der Waals surface area contributed by atoms with Crippen LogP contribution in [0, 0.1) is 5.92 Å². The van der Waals surface area contributed by atoms with Crippen molar-refractivity contribution in [2.24, 2.45) is 5.92 Å². The quantitative estimate of drug-likeness (QED) is 0.726. The van der Waals surface area contributed by atoms with Crippen LogP contribution in [0.2, 0.25) is 0 Å². The third-order valence-corrected chi connectivity index (χ3v) is 7.78. The first-order valence-corrected chi connectivity index (χ1v) is 11.7. The van der Waals surface area contributed by atoms with Gasteiger partial charge in [-0.05, 0) is 49.3 Å². The molecule has 0 saturated carbocycles. The van der Waals surface area contributed by atoms with Gasteiger partial charge >= 0.3 is 0 Å². The summed E-state index contributed by atoms with van der Waals surface area (Å²) in [6.07, 6.45) is 3.34. The fourth-order valence-electron chi connectivity index (χ4n) is 4.01. The Hall–Kier alpha value is -1.44. The van der Waals surface area contributed by atoms with Gasteiger partial charge in [-0.3, -0.25) is 4.79 Å². The zero-order valence-corrected chi connectivity index (χ0v) is 18.0. The second-order valence-corrected chi connectivity index (χ2v) is 10.2. The molecular formula is C21H32N2O4S. The molecule has 0 spiro atoms. The van der Waals surface area contributed by atoms with E-state index in [1.807, 2.05) is 19.2 Å². The Morgan fingerprint density at radius 2 is 1.82 bits per heavy atom. The maximum atomic E-state index is 12.9. The second kappa shape index (κ2) is 8.93. The number of hydrogen-bond donors (Lipinski definition) is 0. The molecule has 2 heterocycles. The molecule has 0 aliphatic carbocycles. The Kier molecular flexibility index (Phi) is 6.78. The summed E-state index contributed by atoms with van der Waals surface area (Å²) in [6, 6.07) is 7.15. The molecule has 7 heteroatoms. The highest BCUT2D eigenvalue weighted by atomic mass is 32.2. The normalized spacial score (nSPS) is 21.9. The van der Waals surface area contributed by atoms with Gasteiger partial charge in [-0.25, -0.2) is 8.42 Å². The van der Waals surface area contributed by atoms with Crippen molar-refractivity contribution in [2.45, 2.75) is 56.4 Å². The molecular weight excluding hydrogens is 376 g/mol. The minimum absolute atomic E-state index is 0.105. The number of carbonyl (C=O) groups is 1. The van der Waals surface area contributed by atoms with Crippen molar-refractivity contribution in [3.05, 3.63) is 29.8 Å². The Balaban J connectivity index is 1.57. The van der Waals surface area contributed by atoms with Gasteiger partial charge in [0.15, 0.2) is 0 Å². The molecule has 1 amide bonds. The molecule has 156 valence electrons. The van der Waals surface area contributed by atoms with E-state index in [1.165, 1.54) is 4.31 Å². The van der Waals surface area contributed by atoms with Crippen LogP contribution in [-0.4, -0.2) is 62.9 Å². The summed E-state index contributed by atoms with van der Waals surface area (Å²) < 4.78 is 33.0. The number of amides is 1. The van der Waals surface area contributed by atoms with Crippen molar-refractivity contribution in [3.8, 4) is 0 Å². The van der Waals surface area contributed by atoms with Crippen molar-refractivity contribution in [3.63, 3.8) is 0 Å². The van der Waals surface area contributed by atoms with Gasteiger partial charge in [-0.2, -0.15) is 4.31 Å². The summed E-state index contributed by atoms with van der Waals surface area (Å²) >= 11 is 0. The van der Waals surface area contributed by atoms with E-state index < -0.39 is 10.0 Å². The largest absolute Gasteiger partial charge is 0.376 e. The number of rotatable bonds is 6. The van der Waals surface area contributed by atoms with E-state index >= 15 is 0 Å². The standard InChI is InChI=1S/C21H32N2O4S/c1-16(2)17-6-8-20(9-7-17)28(25,26)23-12-10-18(11-13-23)21(24)22(3)15-19-5-4-14-27-19/h6-9,16,18-19H,4-5,10-15H2,1-3H3. The predicted molar refractivity (Wildman–Crippen MR) is 109 cm³/mol. The predicted octanol–water partition coefficient (Wildman–Crippen LogP) is 2.85. The molecule has 0 aromatic heterocycles.